The smallest absolute Gasteiger partial charge is 0.0433 e. The maximum absolute atomic E-state index is 8.47. The average molecular weight is 115 g/mol. The Hall–Kier alpha value is -0.0400. The molecule has 0 fully saturated rings. The number of aliphatic hydroxyl groups excluding tert-OH is 1. The highest BCUT2D eigenvalue weighted by Gasteiger charge is 2.04. The summed E-state index contributed by atoms with van der Waals surface area (Å²) in [6.45, 7) is 6.64. The van der Waals surface area contributed by atoms with E-state index in [-0.39, 0.29) is 0 Å². The lowest BCUT2D eigenvalue weighted by atomic mass is 9.95. The topological polar surface area (TPSA) is 20.2 Å². The summed E-state index contributed by atoms with van der Waals surface area (Å²) < 4.78 is 0. The molecule has 1 heteroatoms. The highest BCUT2D eigenvalue weighted by Crippen LogP contribution is 2.14. The number of rotatable bonds is 3. The molecule has 1 N–H and O–H groups in total. The summed E-state index contributed by atoms with van der Waals surface area (Å²) in [4.78, 5) is 0. The van der Waals surface area contributed by atoms with Gasteiger partial charge in [0.15, 0.2) is 0 Å². The van der Waals surface area contributed by atoms with E-state index >= 15 is 0 Å². The van der Waals surface area contributed by atoms with Crippen LogP contribution in [0.4, 0.5) is 0 Å². The summed E-state index contributed by atoms with van der Waals surface area (Å²) in [7, 11) is 0. The molecule has 0 aliphatic heterocycles. The normalized spacial score (nSPS) is 14.6. The van der Waals surface area contributed by atoms with Gasteiger partial charge in [-0.15, -0.1) is 0 Å². The van der Waals surface area contributed by atoms with Crippen LogP contribution in [0.5, 0.6) is 0 Å². The summed E-state index contributed by atoms with van der Waals surface area (Å²) in [5, 5.41) is 8.47. The van der Waals surface area contributed by atoms with E-state index < -0.39 is 0 Å². The molecule has 0 aromatic rings. The molecule has 0 aromatic carbocycles. The third kappa shape index (κ3) is 3.03. The van der Waals surface area contributed by atoms with Crippen LogP contribution >= 0.6 is 0 Å². The van der Waals surface area contributed by atoms with Crippen LogP contribution in [0.3, 0.4) is 0 Å². The fourth-order valence-corrected chi connectivity index (χ4v) is 0.482. The summed E-state index contributed by atoms with van der Waals surface area (Å²) in [6.07, 6.45) is 0.905. The van der Waals surface area contributed by atoms with Gasteiger partial charge < -0.3 is 5.11 Å². The second-order valence-electron chi connectivity index (χ2n) is 2.49. The number of hydrogen-bond donors (Lipinski definition) is 1. The fourth-order valence-electron chi connectivity index (χ4n) is 0.482. The van der Waals surface area contributed by atoms with Crippen LogP contribution in [0.1, 0.15) is 27.2 Å². The monoisotopic (exact) mass is 115 g/mol. The average Bonchev–Trinajstić information content (AvgIpc) is 1.67. The largest absolute Gasteiger partial charge is 0.396 e. The second kappa shape index (κ2) is 3.90. The van der Waals surface area contributed by atoms with Gasteiger partial charge in [-0.3, -0.25) is 0 Å². The second-order valence-corrected chi connectivity index (χ2v) is 2.49. The van der Waals surface area contributed by atoms with Gasteiger partial charge in [-0.25, -0.2) is 0 Å². The minimum absolute atomic E-state index is 0.312. The third-order valence-electron chi connectivity index (χ3n) is 1.55. The molecule has 0 aliphatic rings. The standard InChI is InChI=1S/C7H15O/c1-6(2)7(3)4-5-8/h7-8H,4-5H2,1-3H3. The molecular formula is C7H15O. The molecule has 0 saturated carbocycles. The Morgan fingerprint density at radius 2 is 2.00 bits per heavy atom. The van der Waals surface area contributed by atoms with E-state index in [9.17, 15) is 0 Å². The van der Waals surface area contributed by atoms with Crippen molar-refractivity contribution in [2.24, 2.45) is 5.92 Å². The van der Waals surface area contributed by atoms with E-state index in [0.717, 1.165) is 6.42 Å². The van der Waals surface area contributed by atoms with Gasteiger partial charge in [0.25, 0.3) is 0 Å². The van der Waals surface area contributed by atoms with Gasteiger partial charge in [0.1, 0.15) is 0 Å². The lowest BCUT2D eigenvalue weighted by molar-refractivity contribution is 0.266. The van der Waals surface area contributed by atoms with E-state index in [2.05, 4.69) is 20.8 Å². The van der Waals surface area contributed by atoms with Crippen molar-refractivity contribution in [3.63, 3.8) is 0 Å². The van der Waals surface area contributed by atoms with Crippen molar-refractivity contribution in [1.29, 1.82) is 0 Å². The first kappa shape index (κ1) is 7.96. The van der Waals surface area contributed by atoms with Crippen LogP contribution in [0.25, 0.3) is 0 Å². The van der Waals surface area contributed by atoms with E-state index in [4.69, 9.17) is 5.11 Å². The van der Waals surface area contributed by atoms with Gasteiger partial charge in [-0.2, -0.15) is 0 Å². The zero-order chi connectivity index (χ0) is 6.57. The van der Waals surface area contributed by atoms with Crippen LogP contribution in [-0.2, 0) is 0 Å². The quantitative estimate of drug-likeness (QED) is 0.592. The van der Waals surface area contributed by atoms with Gasteiger partial charge in [-0.05, 0) is 18.3 Å². The van der Waals surface area contributed by atoms with Crippen molar-refractivity contribution in [3.05, 3.63) is 5.92 Å². The van der Waals surface area contributed by atoms with E-state index in [1.807, 2.05) is 0 Å². The van der Waals surface area contributed by atoms with Gasteiger partial charge >= 0.3 is 0 Å². The summed E-state index contributed by atoms with van der Waals surface area (Å²) >= 11 is 0. The molecule has 0 rings (SSSR count). The molecule has 1 unspecified atom stereocenters. The summed E-state index contributed by atoms with van der Waals surface area (Å²) in [5.74, 6) is 1.99. The molecule has 0 amide bonds. The third-order valence-corrected chi connectivity index (χ3v) is 1.55. The van der Waals surface area contributed by atoms with Crippen LogP contribution in [0.2, 0.25) is 0 Å². The van der Waals surface area contributed by atoms with E-state index in [1.165, 1.54) is 5.92 Å². The maximum atomic E-state index is 8.47. The minimum atomic E-state index is 0.312. The lowest BCUT2D eigenvalue weighted by Gasteiger charge is -2.11. The number of aliphatic hydroxyl groups is 1. The van der Waals surface area contributed by atoms with Crippen LogP contribution < -0.4 is 0 Å². The van der Waals surface area contributed by atoms with Gasteiger partial charge in [0, 0.05) is 6.61 Å². The molecule has 0 spiro atoms. The van der Waals surface area contributed by atoms with Gasteiger partial charge in [0.2, 0.25) is 0 Å². The van der Waals surface area contributed by atoms with Crippen LogP contribution in [-0.4, -0.2) is 11.7 Å². The fraction of sp³-hybridized carbons (Fsp3) is 0.857. The summed E-state index contributed by atoms with van der Waals surface area (Å²) in [5.41, 5.74) is 0. The molecule has 0 aromatic heterocycles. The number of hydrogen-bond acceptors (Lipinski definition) is 1. The maximum Gasteiger partial charge on any atom is 0.0433 e. The highest BCUT2D eigenvalue weighted by molar-refractivity contribution is 4.83. The molecule has 1 atom stereocenters. The molecule has 1 radical (unpaired) electrons. The Morgan fingerprint density at radius 3 is 2.12 bits per heavy atom. The zero-order valence-electron chi connectivity index (χ0n) is 5.94. The van der Waals surface area contributed by atoms with Crippen molar-refractivity contribution in [2.45, 2.75) is 27.2 Å². The zero-order valence-corrected chi connectivity index (χ0v) is 5.94. The predicted molar refractivity (Wildman–Crippen MR) is 35.5 cm³/mol. The van der Waals surface area contributed by atoms with Crippen molar-refractivity contribution in [2.75, 3.05) is 6.61 Å². The van der Waals surface area contributed by atoms with Crippen LogP contribution in [0, 0.1) is 11.8 Å². The molecule has 0 bridgehead atoms. The lowest BCUT2D eigenvalue weighted by Crippen LogP contribution is -2.03. The van der Waals surface area contributed by atoms with E-state index in [0.29, 0.717) is 12.5 Å². The molecule has 0 heterocycles. The molecule has 1 nitrogen and oxygen atoms in total. The van der Waals surface area contributed by atoms with Gasteiger partial charge in [0.05, 0.1) is 0 Å². The first-order chi connectivity index (χ1) is 3.68. The minimum Gasteiger partial charge on any atom is -0.396 e. The molecule has 0 aliphatic carbocycles. The summed E-state index contributed by atoms with van der Waals surface area (Å²) in [6, 6.07) is 0. The van der Waals surface area contributed by atoms with E-state index in [1.54, 1.807) is 0 Å². The highest BCUT2D eigenvalue weighted by atomic mass is 16.3. The predicted octanol–water partition coefficient (Wildman–Crippen LogP) is 1.62. The van der Waals surface area contributed by atoms with Crippen molar-refractivity contribution in [1.82, 2.24) is 0 Å². The Balaban J connectivity index is 3.17. The van der Waals surface area contributed by atoms with Crippen LogP contribution in [0.15, 0.2) is 0 Å². The molecule has 49 valence electrons. The molecule has 0 saturated heterocycles. The van der Waals surface area contributed by atoms with Crippen molar-refractivity contribution < 1.29 is 5.11 Å². The van der Waals surface area contributed by atoms with Crippen molar-refractivity contribution in [3.8, 4) is 0 Å². The SMILES string of the molecule is C[C](C)C(C)CCO. The first-order valence-corrected chi connectivity index (χ1v) is 3.09. The Bertz CT molecular complexity index is 50.3. The Morgan fingerprint density at radius 1 is 1.50 bits per heavy atom. The Labute approximate surface area is 51.7 Å². The Kier molecular flexibility index (Phi) is 3.88. The molecule has 8 heavy (non-hydrogen) atoms. The first-order valence-electron chi connectivity index (χ1n) is 3.09. The van der Waals surface area contributed by atoms with Gasteiger partial charge in [-0.1, -0.05) is 20.8 Å². The van der Waals surface area contributed by atoms with Crippen molar-refractivity contribution >= 4 is 0 Å². The molecular weight excluding hydrogens is 100 g/mol.